The van der Waals surface area contributed by atoms with Crippen LogP contribution in [0.4, 0.5) is 0 Å². The monoisotopic (exact) mass is 224 g/mol. The second-order valence-electron chi connectivity index (χ2n) is 2.28. The largest absolute Gasteiger partial charge is 0.481 e. The van der Waals surface area contributed by atoms with E-state index in [1.165, 1.54) is 0 Å². The second kappa shape index (κ2) is 6.87. The summed E-state index contributed by atoms with van der Waals surface area (Å²) in [4.78, 5) is 0. The van der Waals surface area contributed by atoms with Gasteiger partial charge in [0.2, 0.25) is 0 Å². The zero-order valence-electron chi connectivity index (χ0n) is 8.73. The van der Waals surface area contributed by atoms with E-state index in [-0.39, 0.29) is 13.2 Å². The lowest BCUT2D eigenvalue weighted by molar-refractivity contribution is 0.102. The number of hydrogen-bond donors (Lipinski definition) is 1. The fourth-order valence-corrected chi connectivity index (χ4v) is 2.08. The van der Waals surface area contributed by atoms with Crippen molar-refractivity contribution in [2.75, 3.05) is 19.8 Å². The molecule has 0 rings (SSSR count). The van der Waals surface area contributed by atoms with Gasteiger partial charge in [0.05, 0.1) is 19.8 Å². The molecule has 5 nitrogen and oxygen atoms in total. The molecule has 6 heteroatoms. The molecule has 14 heavy (non-hydrogen) atoms. The van der Waals surface area contributed by atoms with Crippen LogP contribution < -0.4 is 0 Å². The Labute approximate surface area is 84.2 Å². The van der Waals surface area contributed by atoms with Gasteiger partial charge in [0.15, 0.2) is 0 Å². The van der Waals surface area contributed by atoms with E-state index in [9.17, 15) is 4.57 Å². The smallest absolute Gasteiger partial charge is 0.361 e. The van der Waals surface area contributed by atoms with Gasteiger partial charge in [-0.1, -0.05) is 0 Å². The molecule has 0 spiro atoms. The minimum absolute atomic E-state index is 0.243. The average molecular weight is 224 g/mol. The molecule has 0 radical (unpaired) electrons. The van der Waals surface area contributed by atoms with Crippen LogP contribution in [0.3, 0.4) is 0 Å². The van der Waals surface area contributed by atoms with Crippen LogP contribution in [0, 0.1) is 0 Å². The number of aliphatic hydroxyl groups is 1. The highest BCUT2D eigenvalue weighted by Crippen LogP contribution is 2.50. The predicted octanol–water partition coefficient (Wildman–Crippen LogP) is 2.65. The molecule has 0 aromatic heterocycles. The Hall–Kier alpha value is -0.510. The lowest BCUT2D eigenvalue weighted by atomic mass is 10.8. The second-order valence-corrected chi connectivity index (χ2v) is 4.13. The van der Waals surface area contributed by atoms with Crippen molar-refractivity contribution in [2.24, 2.45) is 0 Å². The predicted molar refractivity (Wildman–Crippen MR) is 53.2 cm³/mol. The first-order valence-corrected chi connectivity index (χ1v) is 6.12. The van der Waals surface area contributed by atoms with Gasteiger partial charge in [-0.2, -0.15) is 0 Å². The molecular formula is C8H17O5P. The minimum Gasteiger partial charge on any atom is -0.481 e. The van der Waals surface area contributed by atoms with Crippen molar-refractivity contribution < 1.29 is 23.5 Å². The number of rotatable bonds is 7. The van der Waals surface area contributed by atoms with Gasteiger partial charge < -0.3 is 18.9 Å². The van der Waals surface area contributed by atoms with Crippen LogP contribution in [0.25, 0.3) is 0 Å². The zero-order chi connectivity index (χ0) is 11.0. The maximum absolute atomic E-state index is 11.7. The summed E-state index contributed by atoms with van der Waals surface area (Å²) in [5.74, 6) is 0.543. The third-order valence-corrected chi connectivity index (χ3v) is 2.95. The van der Waals surface area contributed by atoms with E-state index in [1.54, 1.807) is 20.8 Å². The molecule has 0 aromatic rings. The van der Waals surface area contributed by atoms with Crippen LogP contribution in [0.15, 0.2) is 11.8 Å². The molecule has 0 saturated carbocycles. The molecule has 0 atom stereocenters. The average Bonchev–Trinajstić information content (AvgIpc) is 2.04. The molecular weight excluding hydrogens is 207 g/mol. The molecule has 0 fully saturated rings. The van der Waals surface area contributed by atoms with E-state index in [0.717, 1.165) is 5.82 Å². The van der Waals surface area contributed by atoms with Gasteiger partial charge in [-0.3, -0.25) is 4.57 Å². The third kappa shape index (κ3) is 5.27. The molecule has 0 bridgehead atoms. The first-order chi connectivity index (χ1) is 6.58. The van der Waals surface area contributed by atoms with E-state index >= 15 is 0 Å². The quantitative estimate of drug-likeness (QED) is 0.532. The van der Waals surface area contributed by atoms with Gasteiger partial charge in [-0.05, 0) is 20.8 Å². The Balaban J connectivity index is 4.48. The van der Waals surface area contributed by atoms with Crippen LogP contribution in [0.2, 0.25) is 0 Å². The molecule has 0 aromatic carbocycles. The Morgan fingerprint density at radius 1 is 1.21 bits per heavy atom. The fraction of sp³-hybridized carbons (Fsp3) is 0.750. The Morgan fingerprint density at radius 3 is 2.07 bits per heavy atom. The van der Waals surface area contributed by atoms with Gasteiger partial charge in [0, 0.05) is 0 Å². The lowest BCUT2D eigenvalue weighted by Crippen LogP contribution is -1.96. The first-order valence-electron chi connectivity index (χ1n) is 4.51. The van der Waals surface area contributed by atoms with E-state index in [1.807, 2.05) is 0 Å². The summed E-state index contributed by atoms with van der Waals surface area (Å²) in [6, 6.07) is 0. The Bertz CT molecular complexity index is 216. The summed E-state index contributed by atoms with van der Waals surface area (Å²) < 4.78 is 26.3. The maximum atomic E-state index is 11.7. The van der Waals surface area contributed by atoms with Crippen molar-refractivity contribution in [3.63, 3.8) is 0 Å². The molecule has 0 aliphatic carbocycles. The van der Waals surface area contributed by atoms with Crippen molar-refractivity contribution in [1.29, 1.82) is 0 Å². The van der Waals surface area contributed by atoms with Gasteiger partial charge >= 0.3 is 7.60 Å². The highest BCUT2D eigenvalue weighted by atomic mass is 31.2. The summed E-state index contributed by atoms with van der Waals surface area (Å²) >= 11 is 0. The fourth-order valence-electron chi connectivity index (χ4n) is 0.792. The first kappa shape index (κ1) is 13.5. The molecule has 0 amide bonds. The number of hydrogen-bond acceptors (Lipinski definition) is 5. The van der Waals surface area contributed by atoms with E-state index < -0.39 is 13.5 Å². The van der Waals surface area contributed by atoms with Crippen LogP contribution in [0.1, 0.15) is 20.8 Å². The Kier molecular flexibility index (Phi) is 6.62. The lowest BCUT2D eigenvalue weighted by Gasteiger charge is -2.13. The highest BCUT2D eigenvalue weighted by molar-refractivity contribution is 7.57. The van der Waals surface area contributed by atoms with Gasteiger partial charge in [0.1, 0.15) is 5.82 Å². The van der Waals surface area contributed by atoms with Gasteiger partial charge in [-0.25, -0.2) is 0 Å². The topological polar surface area (TPSA) is 65.0 Å². The van der Waals surface area contributed by atoms with E-state index in [4.69, 9.17) is 18.9 Å². The zero-order valence-corrected chi connectivity index (χ0v) is 9.62. The standard InChI is InChI=1S/C8H17O5P/c1-4-11-8(9)7-14(10,12-5-2)13-6-3/h7,9H,4-6H2,1-3H3/b8-7-. The summed E-state index contributed by atoms with van der Waals surface area (Å²) in [6.45, 7) is 5.87. The summed E-state index contributed by atoms with van der Waals surface area (Å²) in [6.07, 6.45) is 0. The summed E-state index contributed by atoms with van der Waals surface area (Å²) in [5.41, 5.74) is 0. The van der Waals surface area contributed by atoms with Gasteiger partial charge in [-0.15, -0.1) is 0 Å². The molecule has 0 aliphatic rings. The van der Waals surface area contributed by atoms with Crippen molar-refractivity contribution in [3.05, 3.63) is 11.8 Å². The van der Waals surface area contributed by atoms with E-state index in [2.05, 4.69) is 0 Å². The molecule has 84 valence electrons. The van der Waals surface area contributed by atoms with Crippen molar-refractivity contribution >= 4 is 7.60 Å². The van der Waals surface area contributed by atoms with Crippen LogP contribution in [-0.2, 0) is 18.3 Å². The van der Waals surface area contributed by atoms with Crippen LogP contribution in [-0.4, -0.2) is 24.9 Å². The SMILES string of the molecule is CCO/C(O)=C\P(=O)(OCC)OCC. The highest BCUT2D eigenvalue weighted by Gasteiger charge is 2.22. The van der Waals surface area contributed by atoms with E-state index in [0.29, 0.717) is 6.61 Å². The number of ether oxygens (including phenoxy) is 1. The van der Waals surface area contributed by atoms with Crippen molar-refractivity contribution in [1.82, 2.24) is 0 Å². The Morgan fingerprint density at radius 2 is 1.71 bits per heavy atom. The molecule has 0 heterocycles. The van der Waals surface area contributed by atoms with Gasteiger partial charge in [0.25, 0.3) is 5.95 Å². The molecule has 0 unspecified atom stereocenters. The molecule has 0 saturated heterocycles. The molecule has 1 N–H and O–H groups in total. The van der Waals surface area contributed by atoms with Crippen molar-refractivity contribution in [2.45, 2.75) is 20.8 Å². The minimum atomic E-state index is -3.34. The van der Waals surface area contributed by atoms with Crippen LogP contribution in [0.5, 0.6) is 0 Å². The van der Waals surface area contributed by atoms with Crippen LogP contribution >= 0.6 is 7.60 Å². The number of aliphatic hydroxyl groups excluding tert-OH is 1. The normalized spacial score (nSPS) is 12.9. The van der Waals surface area contributed by atoms with Crippen molar-refractivity contribution in [3.8, 4) is 0 Å². The maximum Gasteiger partial charge on any atom is 0.361 e. The summed E-state index contributed by atoms with van der Waals surface area (Å²) in [5, 5.41) is 9.14. The molecule has 0 aliphatic heterocycles. The summed E-state index contributed by atoms with van der Waals surface area (Å²) in [7, 11) is -3.34. The third-order valence-electron chi connectivity index (χ3n) is 1.18.